The Morgan fingerprint density at radius 2 is 1.77 bits per heavy atom. The number of rotatable bonds is 2. The number of aromatic nitrogens is 1. The van der Waals surface area contributed by atoms with Crippen LogP contribution < -0.4 is 11.1 Å². The normalized spacial score (nSPS) is 11.3. The van der Waals surface area contributed by atoms with E-state index in [9.17, 15) is 4.79 Å². The Kier molecular flexibility index (Phi) is 4.22. The molecule has 0 aliphatic carbocycles. The van der Waals surface area contributed by atoms with Crippen LogP contribution in [-0.4, -0.2) is 10.9 Å². The summed E-state index contributed by atoms with van der Waals surface area (Å²) in [6.45, 7) is 9.95. The van der Waals surface area contributed by atoms with Gasteiger partial charge in [-0.3, -0.25) is 4.79 Å². The van der Waals surface area contributed by atoms with Gasteiger partial charge in [-0.15, -0.1) is 0 Å². The van der Waals surface area contributed by atoms with Crippen molar-refractivity contribution >= 4 is 17.4 Å². The smallest absolute Gasteiger partial charge is 0.222 e. The minimum atomic E-state index is -0.180. The SMILES string of the molecule is CC(=O)Nc1ncc(-c2ccc(C(C)(C)C)cc2)c(C)c1N. The van der Waals surface area contributed by atoms with Crippen molar-refractivity contribution in [1.82, 2.24) is 4.98 Å². The molecule has 1 amide bonds. The molecule has 22 heavy (non-hydrogen) atoms. The fourth-order valence-electron chi connectivity index (χ4n) is 2.33. The van der Waals surface area contributed by atoms with Crippen LogP contribution in [0.15, 0.2) is 30.5 Å². The molecule has 0 fully saturated rings. The summed E-state index contributed by atoms with van der Waals surface area (Å²) in [6.07, 6.45) is 1.75. The van der Waals surface area contributed by atoms with Gasteiger partial charge in [0, 0.05) is 18.7 Å². The molecule has 2 rings (SSSR count). The molecule has 0 aliphatic heterocycles. The highest BCUT2D eigenvalue weighted by Gasteiger charge is 2.15. The van der Waals surface area contributed by atoms with Gasteiger partial charge in [0.05, 0.1) is 5.69 Å². The van der Waals surface area contributed by atoms with Crippen LogP contribution in [0.5, 0.6) is 0 Å². The van der Waals surface area contributed by atoms with Crippen LogP contribution in [0.4, 0.5) is 11.5 Å². The largest absolute Gasteiger partial charge is 0.395 e. The number of carbonyl (C=O) groups excluding carboxylic acids is 1. The summed E-state index contributed by atoms with van der Waals surface area (Å²) in [6, 6.07) is 8.43. The van der Waals surface area contributed by atoms with Crippen LogP contribution >= 0.6 is 0 Å². The second kappa shape index (κ2) is 5.79. The minimum Gasteiger partial charge on any atom is -0.395 e. The second-order valence-corrected chi connectivity index (χ2v) is 6.57. The molecule has 1 heterocycles. The number of hydrogen-bond donors (Lipinski definition) is 2. The summed E-state index contributed by atoms with van der Waals surface area (Å²) in [5.74, 6) is 0.237. The van der Waals surface area contributed by atoms with Gasteiger partial charge in [-0.05, 0) is 29.0 Å². The zero-order valence-corrected chi connectivity index (χ0v) is 13.8. The van der Waals surface area contributed by atoms with E-state index in [4.69, 9.17) is 5.73 Å². The van der Waals surface area contributed by atoms with E-state index in [0.717, 1.165) is 16.7 Å². The van der Waals surface area contributed by atoms with Gasteiger partial charge in [-0.1, -0.05) is 45.0 Å². The third-order valence-corrected chi connectivity index (χ3v) is 3.74. The first-order chi connectivity index (χ1) is 10.2. The summed E-state index contributed by atoms with van der Waals surface area (Å²) in [5, 5.41) is 2.65. The van der Waals surface area contributed by atoms with Gasteiger partial charge in [0.15, 0.2) is 5.82 Å². The number of hydrogen-bond acceptors (Lipinski definition) is 3. The Labute approximate surface area is 131 Å². The molecule has 0 atom stereocenters. The van der Waals surface area contributed by atoms with Gasteiger partial charge in [0.25, 0.3) is 0 Å². The van der Waals surface area contributed by atoms with Crippen molar-refractivity contribution < 1.29 is 4.79 Å². The lowest BCUT2D eigenvalue weighted by Gasteiger charge is -2.19. The quantitative estimate of drug-likeness (QED) is 0.883. The summed E-state index contributed by atoms with van der Waals surface area (Å²) < 4.78 is 0. The number of nitrogens with zero attached hydrogens (tertiary/aromatic N) is 1. The van der Waals surface area contributed by atoms with Crippen LogP contribution in [-0.2, 0) is 10.2 Å². The lowest BCUT2D eigenvalue weighted by molar-refractivity contribution is -0.114. The average Bonchev–Trinajstić information content (AvgIpc) is 2.43. The van der Waals surface area contributed by atoms with Crippen LogP contribution in [0.2, 0.25) is 0 Å². The topological polar surface area (TPSA) is 68.0 Å². The zero-order valence-electron chi connectivity index (χ0n) is 13.8. The van der Waals surface area contributed by atoms with Crippen molar-refractivity contribution in [3.8, 4) is 11.1 Å². The molecule has 0 aliphatic rings. The van der Waals surface area contributed by atoms with Crippen molar-refractivity contribution in [2.24, 2.45) is 0 Å². The average molecular weight is 297 g/mol. The molecule has 0 saturated carbocycles. The van der Waals surface area contributed by atoms with Crippen molar-refractivity contribution in [2.75, 3.05) is 11.1 Å². The Hall–Kier alpha value is -2.36. The Bertz CT molecular complexity index is 698. The van der Waals surface area contributed by atoms with E-state index in [2.05, 4.69) is 55.3 Å². The van der Waals surface area contributed by atoms with E-state index < -0.39 is 0 Å². The number of amides is 1. The highest BCUT2D eigenvalue weighted by Crippen LogP contribution is 2.32. The first-order valence-corrected chi connectivity index (χ1v) is 7.33. The molecule has 0 saturated heterocycles. The Morgan fingerprint density at radius 3 is 2.27 bits per heavy atom. The number of carbonyl (C=O) groups is 1. The van der Waals surface area contributed by atoms with Gasteiger partial charge in [0.1, 0.15) is 0 Å². The number of pyridine rings is 1. The van der Waals surface area contributed by atoms with E-state index in [0.29, 0.717) is 11.5 Å². The minimum absolute atomic E-state index is 0.125. The van der Waals surface area contributed by atoms with Crippen molar-refractivity contribution in [1.29, 1.82) is 0 Å². The van der Waals surface area contributed by atoms with E-state index in [-0.39, 0.29) is 11.3 Å². The standard InChI is InChI=1S/C18H23N3O/c1-11-15(10-20-17(16(11)19)21-12(2)22)13-6-8-14(9-7-13)18(3,4)5/h6-10H,19H2,1-5H3,(H,20,21,22). The molecule has 3 N–H and O–H groups in total. The molecular weight excluding hydrogens is 274 g/mol. The monoisotopic (exact) mass is 297 g/mol. The molecular formula is C18H23N3O. The molecule has 116 valence electrons. The maximum Gasteiger partial charge on any atom is 0.222 e. The van der Waals surface area contributed by atoms with E-state index in [1.807, 2.05) is 6.92 Å². The van der Waals surface area contributed by atoms with E-state index in [1.165, 1.54) is 12.5 Å². The van der Waals surface area contributed by atoms with Gasteiger partial charge < -0.3 is 11.1 Å². The van der Waals surface area contributed by atoms with Crippen molar-refractivity contribution in [2.45, 2.75) is 40.0 Å². The predicted octanol–water partition coefficient (Wildman–Crippen LogP) is 3.90. The molecule has 1 aromatic heterocycles. The van der Waals surface area contributed by atoms with Gasteiger partial charge >= 0.3 is 0 Å². The Balaban J connectivity index is 2.41. The number of nitrogens with two attached hydrogens (primary N) is 1. The first kappa shape index (κ1) is 16.0. The predicted molar refractivity (Wildman–Crippen MR) is 91.8 cm³/mol. The fraction of sp³-hybridized carbons (Fsp3) is 0.333. The molecule has 1 aromatic carbocycles. The zero-order chi connectivity index (χ0) is 16.5. The lowest BCUT2D eigenvalue weighted by atomic mass is 9.86. The fourth-order valence-corrected chi connectivity index (χ4v) is 2.33. The molecule has 4 nitrogen and oxygen atoms in total. The van der Waals surface area contributed by atoms with E-state index >= 15 is 0 Å². The van der Waals surface area contributed by atoms with E-state index in [1.54, 1.807) is 6.20 Å². The third kappa shape index (κ3) is 3.27. The van der Waals surface area contributed by atoms with Crippen LogP contribution in [0.1, 0.15) is 38.8 Å². The van der Waals surface area contributed by atoms with Crippen molar-refractivity contribution in [3.63, 3.8) is 0 Å². The summed E-state index contributed by atoms with van der Waals surface area (Å²) in [4.78, 5) is 15.4. The van der Waals surface area contributed by atoms with Crippen LogP contribution in [0.25, 0.3) is 11.1 Å². The molecule has 0 radical (unpaired) electrons. The van der Waals surface area contributed by atoms with Gasteiger partial charge in [0.2, 0.25) is 5.91 Å². The molecule has 2 aromatic rings. The first-order valence-electron chi connectivity index (χ1n) is 7.33. The number of nitrogen functional groups attached to an aromatic ring is 1. The number of benzene rings is 1. The maximum absolute atomic E-state index is 11.2. The summed E-state index contributed by atoms with van der Waals surface area (Å²) in [5.41, 5.74) is 11.0. The van der Waals surface area contributed by atoms with Crippen LogP contribution in [0.3, 0.4) is 0 Å². The Morgan fingerprint density at radius 1 is 1.18 bits per heavy atom. The number of anilines is 2. The van der Waals surface area contributed by atoms with Crippen molar-refractivity contribution in [3.05, 3.63) is 41.6 Å². The lowest BCUT2D eigenvalue weighted by Crippen LogP contribution is -2.11. The molecule has 0 spiro atoms. The van der Waals surface area contributed by atoms with Gasteiger partial charge in [-0.2, -0.15) is 0 Å². The third-order valence-electron chi connectivity index (χ3n) is 3.74. The van der Waals surface area contributed by atoms with Gasteiger partial charge in [-0.25, -0.2) is 4.98 Å². The molecule has 0 bridgehead atoms. The highest BCUT2D eigenvalue weighted by atomic mass is 16.1. The second-order valence-electron chi connectivity index (χ2n) is 6.57. The highest BCUT2D eigenvalue weighted by molar-refractivity contribution is 5.92. The molecule has 0 unspecified atom stereocenters. The number of nitrogens with one attached hydrogen (secondary N) is 1. The van der Waals surface area contributed by atoms with Crippen LogP contribution in [0, 0.1) is 6.92 Å². The molecule has 4 heteroatoms. The summed E-state index contributed by atoms with van der Waals surface area (Å²) in [7, 11) is 0. The maximum atomic E-state index is 11.2. The summed E-state index contributed by atoms with van der Waals surface area (Å²) >= 11 is 0.